The van der Waals surface area contributed by atoms with Gasteiger partial charge in [0, 0.05) is 25.8 Å². The molecule has 0 amide bonds. The van der Waals surface area contributed by atoms with Crippen molar-refractivity contribution in [3.8, 4) is 39.5 Å². The van der Waals surface area contributed by atoms with Crippen LogP contribution < -0.4 is 9.58 Å². The molecule has 0 atom stereocenters. The summed E-state index contributed by atoms with van der Waals surface area (Å²) in [5, 5.41) is 3.51. The van der Waals surface area contributed by atoms with E-state index in [1.54, 1.807) is 0 Å². The van der Waals surface area contributed by atoms with E-state index in [2.05, 4.69) is 187 Å². The van der Waals surface area contributed by atoms with E-state index in [0.29, 0.717) is 5.71 Å². The van der Waals surface area contributed by atoms with Crippen LogP contribution >= 0.6 is 0 Å². The summed E-state index contributed by atoms with van der Waals surface area (Å²) in [6.07, 6.45) is 2.03. The number of pyridine rings is 2. The van der Waals surface area contributed by atoms with Gasteiger partial charge in [-0.05, 0) is 60.4 Å². The van der Waals surface area contributed by atoms with Gasteiger partial charge in [0.25, 0.3) is 0 Å². The second kappa shape index (κ2) is 16.4. The summed E-state index contributed by atoms with van der Waals surface area (Å²) in [5.41, 5.74) is 13.7. The van der Waals surface area contributed by atoms with Gasteiger partial charge in [0.15, 0.2) is 0 Å². The van der Waals surface area contributed by atoms with Crippen LogP contribution in [0.25, 0.3) is 72.6 Å². The minimum Gasteiger partial charge on any atom is 0 e. The molecule has 0 fully saturated rings. The molecule has 0 aliphatic heterocycles. The third kappa shape index (κ3) is 8.32. The Morgan fingerprint density at radius 1 is 0.690 bits per heavy atom. The first-order valence-electron chi connectivity index (χ1n) is 19.6. The molecule has 0 aliphatic carbocycles. The number of imidazole rings is 1. The Bertz CT molecular complexity index is 2880. The second-order valence-electron chi connectivity index (χ2n) is 17.0. The van der Waals surface area contributed by atoms with Gasteiger partial charge in [-0.3, -0.25) is 4.98 Å². The van der Waals surface area contributed by atoms with Gasteiger partial charge in [0.1, 0.15) is 0 Å². The van der Waals surface area contributed by atoms with E-state index >= 15 is 0 Å². The fourth-order valence-corrected chi connectivity index (χ4v) is 10.8. The molecule has 0 N–H and O–H groups in total. The van der Waals surface area contributed by atoms with Crippen molar-refractivity contribution in [2.45, 2.75) is 57.7 Å². The molecule has 0 aliphatic rings. The number of benzene rings is 5. The molecular formula is C50H48GeIrN4OSi-2. The molecule has 9 rings (SSSR count). The first-order chi connectivity index (χ1) is 27.2. The van der Waals surface area contributed by atoms with Gasteiger partial charge in [-0.2, -0.15) is 0 Å². The standard InChI is InChI=1S/C30H29N2Si.C20H19GeN2O.Ir/c1-21-18-25(23-12-7-6-8-13-23)19-22(2)29(21)32-28-17-10-9-16-27(28)31-30(32)24-14-11-15-26(20-24)33(3,4)5;1-13-5-8-16-17-11-14(6-10-19(17)24-20(16)23-13)18-9-7-15(12-22-18)21(2,3)4;/h6-13,15-20H,1-5H3;5,7-12H,1-4H3;/q2*-1;. The molecule has 9 aromatic rings. The SMILES string of the molecule is Cc1cc(-c2ccccc2)cc(C)c1-n1c(-c2[c-]ccc([Si](C)(C)C)c2)nc2ccccc21.Cc1ccc2c(n1)oc1c[c-]c(-c3cc[c]([Ge]([CH3])([CH3])[CH3])cn3)cc12.[Ir]. The number of aromatic nitrogens is 4. The average Bonchev–Trinajstić information content (AvgIpc) is 3.75. The monoisotopic (exact) mass is 1020 g/mol. The molecule has 5 aromatic carbocycles. The molecule has 5 nitrogen and oxygen atoms in total. The molecule has 58 heavy (non-hydrogen) atoms. The third-order valence-electron chi connectivity index (χ3n) is 10.6. The molecule has 1 radical (unpaired) electrons. The predicted octanol–water partition coefficient (Wildman–Crippen LogP) is 12.0. The first-order valence-corrected chi connectivity index (χ1v) is 30.4. The van der Waals surface area contributed by atoms with Crippen LogP contribution in [0.4, 0.5) is 0 Å². The van der Waals surface area contributed by atoms with E-state index in [0.717, 1.165) is 55.7 Å². The maximum Gasteiger partial charge on any atom is 0 e. The van der Waals surface area contributed by atoms with Crippen LogP contribution in [-0.2, 0) is 20.1 Å². The summed E-state index contributed by atoms with van der Waals surface area (Å²) >= 11 is -1.83. The zero-order valence-corrected chi connectivity index (χ0v) is 40.1. The minimum absolute atomic E-state index is 0. The van der Waals surface area contributed by atoms with E-state index < -0.39 is 21.3 Å². The van der Waals surface area contributed by atoms with E-state index in [9.17, 15) is 0 Å². The summed E-state index contributed by atoms with van der Waals surface area (Å²) in [5.74, 6) is 8.08. The Kier molecular flexibility index (Phi) is 11.6. The average molecular weight is 1010 g/mol. The Morgan fingerprint density at radius 3 is 2.10 bits per heavy atom. The number of hydrogen-bond donors (Lipinski definition) is 0. The second-order valence-corrected chi connectivity index (χ2v) is 32.8. The van der Waals surface area contributed by atoms with Crippen LogP contribution in [0.15, 0.2) is 132 Å². The molecule has 0 saturated carbocycles. The fraction of sp³-hybridized carbons (Fsp3) is 0.180. The molecule has 293 valence electrons. The van der Waals surface area contributed by atoms with E-state index in [1.807, 2.05) is 25.3 Å². The Labute approximate surface area is 359 Å². The van der Waals surface area contributed by atoms with E-state index in [4.69, 9.17) is 9.40 Å². The van der Waals surface area contributed by atoms with Crippen molar-refractivity contribution in [1.82, 2.24) is 19.5 Å². The summed E-state index contributed by atoms with van der Waals surface area (Å²) < 4.78 is 9.57. The van der Waals surface area contributed by atoms with E-state index in [1.165, 1.54) is 37.5 Å². The van der Waals surface area contributed by atoms with Crippen molar-refractivity contribution >= 4 is 64.0 Å². The molecule has 0 saturated heterocycles. The summed E-state index contributed by atoms with van der Waals surface area (Å²) in [7, 11) is -1.46. The fourth-order valence-electron chi connectivity index (χ4n) is 7.44. The molecule has 0 spiro atoms. The number of fused-ring (bicyclic) bond motifs is 4. The van der Waals surface area contributed by atoms with Gasteiger partial charge >= 0.3 is 144 Å². The van der Waals surface area contributed by atoms with Crippen LogP contribution in [0, 0.1) is 32.9 Å². The van der Waals surface area contributed by atoms with Crippen LogP contribution in [0.5, 0.6) is 0 Å². The Morgan fingerprint density at radius 2 is 1.41 bits per heavy atom. The van der Waals surface area contributed by atoms with Gasteiger partial charge in [-0.15, -0.1) is 35.0 Å². The minimum atomic E-state index is -1.83. The number of para-hydroxylation sites is 2. The molecule has 4 heterocycles. The Hall–Kier alpha value is -4.92. The van der Waals surface area contributed by atoms with E-state index in [-0.39, 0.29) is 20.1 Å². The van der Waals surface area contributed by atoms with Crippen molar-refractivity contribution in [2.24, 2.45) is 0 Å². The van der Waals surface area contributed by atoms with Crippen molar-refractivity contribution in [1.29, 1.82) is 0 Å². The van der Waals surface area contributed by atoms with Crippen molar-refractivity contribution in [3.63, 3.8) is 0 Å². The summed E-state index contributed by atoms with van der Waals surface area (Å²) in [6, 6.07) is 49.3. The van der Waals surface area contributed by atoms with Gasteiger partial charge < -0.3 is 4.57 Å². The summed E-state index contributed by atoms with van der Waals surface area (Å²) in [6.45, 7) is 13.5. The zero-order chi connectivity index (χ0) is 40.1. The normalized spacial score (nSPS) is 11.7. The molecule has 8 heteroatoms. The first kappa shape index (κ1) is 41.2. The van der Waals surface area contributed by atoms with Crippen molar-refractivity contribution in [2.75, 3.05) is 0 Å². The zero-order valence-electron chi connectivity index (χ0n) is 34.7. The predicted molar refractivity (Wildman–Crippen MR) is 245 cm³/mol. The van der Waals surface area contributed by atoms with Gasteiger partial charge in [-0.1, -0.05) is 62.1 Å². The van der Waals surface area contributed by atoms with Crippen molar-refractivity contribution in [3.05, 3.63) is 156 Å². The molecular weight excluding hydrogens is 965 g/mol. The smallest absolute Gasteiger partial charge is 0 e. The maximum atomic E-state index is 5.83. The number of nitrogens with zero attached hydrogens (tertiary/aromatic N) is 4. The van der Waals surface area contributed by atoms with Crippen molar-refractivity contribution < 1.29 is 24.5 Å². The van der Waals surface area contributed by atoms with Crippen LogP contribution in [0.2, 0.25) is 36.9 Å². The largest absolute Gasteiger partial charge is 0 e. The van der Waals surface area contributed by atoms with Crippen LogP contribution in [0.3, 0.4) is 0 Å². The van der Waals surface area contributed by atoms with Gasteiger partial charge in [0.05, 0.1) is 24.9 Å². The summed E-state index contributed by atoms with van der Waals surface area (Å²) in [4.78, 5) is 14.2. The quantitative estimate of drug-likeness (QED) is 0.123. The third-order valence-corrected chi connectivity index (χ3v) is 16.9. The van der Waals surface area contributed by atoms with Gasteiger partial charge in [0.2, 0.25) is 0 Å². The number of rotatable bonds is 6. The number of hydrogen-bond acceptors (Lipinski definition) is 4. The molecule has 4 aromatic heterocycles. The van der Waals surface area contributed by atoms with Crippen LogP contribution in [0.1, 0.15) is 16.8 Å². The van der Waals surface area contributed by atoms with Crippen LogP contribution in [-0.4, -0.2) is 40.9 Å². The number of furan rings is 1. The molecule has 0 unspecified atom stereocenters. The topological polar surface area (TPSA) is 56.7 Å². The maximum absolute atomic E-state index is 5.83. The molecule has 0 bridgehead atoms. The number of aryl methyl sites for hydroxylation is 3. The van der Waals surface area contributed by atoms with Gasteiger partial charge in [-0.25, -0.2) is 0 Å². The Balaban J connectivity index is 0.000000182.